The van der Waals surface area contributed by atoms with Gasteiger partial charge in [0.15, 0.2) is 0 Å². The first-order valence-corrected chi connectivity index (χ1v) is 8.62. The minimum Gasteiger partial charge on any atom is -0.313 e. The molecule has 0 amide bonds. The van der Waals surface area contributed by atoms with Crippen molar-refractivity contribution in [3.05, 3.63) is 0 Å². The largest absolute Gasteiger partial charge is 0.332 e. The predicted molar refractivity (Wildman–Crippen MR) is 72.1 cm³/mol. The van der Waals surface area contributed by atoms with Gasteiger partial charge in [-0.1, -0.05) is 0 Å². The molecule has 0 aliphatic heterocycles. The predicted octanol–water partition coefficient (Wildman–Crippen LogP) is 4.13. The molecule has 4 fully saturated rings. The van der Waals surface area contributed by atoms with Crippen LogP contribution in [-0.4, -0.2) is 19.3 Å². The minimum absolute atomic E-state index is 0.419. The van der Waals surface area contributed by atoms with Crippen LogP contribution >= 0.6 is 8.60 Å². The molecule has 104 valence electrons. The molecule has 0 heterocycles. The first-order chi connectivity index (χ1) is 8.80. The summed E-state index contributed by atoms with van der Waals surface area (Å²) in [6.07, 6.45) is 7.46. The van der Waals surface area contributed by atoms with E-state index in [1.54, 1.807) is 0 Å². The molecule has 4 heteroatoms. The van der Waals surface area contributed by atoms with Gasteiger partial charge in [0.1, 0.15) is 0 Å². The highest BCUT2D eigenvalue weighted by Crippen LogP contribution is 2.57. The van der Waals surface area contributed by atoms with Crippen LogP contribution in [0.3, 0.4) is 0 Å². The highest BCUT2D eigenvalue weighted by molar-refractivity contribution is 7.41. The van der Waals surface area contributed by atoms with Gasteiger partial charge in [0, 0.05) is 0 Å². The van der Waals surface area contributed by atoms with Crippen LogP contribution in [0, 0.1) is 23.7 Å². The second-order valence-electron chi connectivity index (χ2n) is 6.06. The zero-order valence-corrected chi connectivity index (χ0v) is 12.4. The van der Waals surface area contributed by atoms with Crippen LogP contribution in [-0.2, 0) is 13.6 Å². The molecule has 0 radical (unpaired) electrons. The number of hydrogen-bond acceptors (Lipinski definition) is 3. The van der Waals surface area contributed by atoms with E-state index in [1.807, 2.05) is 13.8 Å². The normalized spacial score (nSPS) is 41.8. The van der Waals surface area contributed by atoms with Crippen LogP contribution in [0.2, 0.25) is 0 Å². The van der Waals surface area contributed by atoms with E-state index in [-0.39, 0.29) is 0 Å². The number of rotatable bonds is 6. The molecule has 0 spiro atoms. The molecule has 0 aromatic carbocycles. The monoisotopic (exact) mass is 272 g/mol. The molecule has 0 aromatic heterocycles. The smallest absolute Gasteiger partial charge is 0.313 e. The fourth-order valence-electron chi connectivity index (χ4n) is 4.46. The summed E-state index contributed by atoms with van der Waals surface area (Å²) in [5.74, 6) is 3.56. The molecule has 4 bridgehead atoms. The summed E-state index contributed by atoms with van der Waals surface area (Å²) >= 11 is 0. The summed E-state index contributed by atoms with van der Waals surface area (Å²) < 4.78 is 17.4. The van der Waals surface area contributed by atoms with Crippen LogP contribution in [0.15, 0.2) is 0 Å². The lowest BCUT2D eigenvalue weighted by atomic mass is 9.55. The van der Waals surface area contributed by atoms with Crippen LogP contribution in [0.5, 0.6) is 0 Å². The first-order valence-electron chi connectivity index (χ1n) is 7.52. The lowest BCUT2D eigenvalue weighted by Crippen LogP contribution is -2.48. The second kappa shape index (κ2) is 5.75. The lowest BCUT2D eigenvalue weighted by molar-refractivity contribution is -0.0857. The quantitative estimate of drug-likeness (QED) is 0.680. The van der Waals surface area contributed by atoms with E-state index in [0.29, 0.717) is 19.3 Å². The Hall–Kier alpha value is 0.310. The zero-order chi connectivity index (χ0) is 12.5. The van der Waals surface area contributed by atoms with Gasteiger partial charge in [-0.15, -0.1) is 0 Å². The zero-order valence-electron chi connectivity index (χ0n) is 11.5. The molecule has 0 N–H and O–H groups in total. The summed E-state index contributed by atoms with van der Waals surface area (Å²) in [7, 11) is -1.11. The van der Waals surface area contributed by atoms with E-state index in [9.17, 15) is 0 Å². The molecule has 0 unspecified atom stereocenters. The van der Waals surface area contributed by atoms with Gasteiger partial charge in [-0.3, -0.25) is 0 Å². The van der Waals surface area contributed by atoms with Crippen LogP contribution in [0.25, 0.3) is 0 Å². The fraction of sp³-hybridized carbons (Fsp3) is 1.00. The Morgan fingerprint density at radius 3 is 1.78 bits per heavy atom. The van der Waals surface area contributed by atoms with E-state index >= 15 is 0 Å². The summed E-state index contributed by atoms with van der Waals surface area (Å²) in [5.41, 5.74) is 0. The maximum absolute atomic E-state index is 6.23. The summed E-state index contributed by atoms with van der Waals surface area (Å²) in [5, 5.41) is 0. The van der Waals surface area contributed by atoms with Crippen molar-refractivity contribution < 1.29 is 13.6 Å². The minimum atomic E-state index is -1.11. The van der Waals surface area contributed by atoms with Gasteiger partial charge >= 0.3 is 8.60 Å². The van der Waals surface area contributed by atoms with Crippen molar-refractivity contribution in [1.29, 1.82) is 0 Å². The Kier molecular flexibility index (Phi) is 4.25. The summed E-state index contributed by atoms with van der Waals surface area (Å²) in [6, 6.07) is 0. The SMILES string of the molecule is CCOP(OCC)OC1C2CC3CC(C2)CC1C3. The summed E-state index contributed by atoms with van der Waals surface area (Å²) in [4.78, 5) is 0. The maximum atomic E-state index is 6.23. The van der Waals surface area contributed by atoms with E-state index < -0.39 is 8.60 Å². The van der Waals surface area contributed by atoms with Crippen LogP contribution < -0.4 is 0 Å². The third-order valence-corrected chi connectivity index (χ3v) is 6.17. The van der Waals surface area contributed by atoms with E-state index in [0.717, 1.165) is 23.7 Å². The van der Waals surface area contributed by atoms with Crippen molar-refractivity contribution in [3.8, 4) is 0 Å². The molecule has 4 rings (SSSR count). The summed E-state index contributed by atoms with van der Waals surface area (Å²) in [6.45, 7) is 5.38. The Labute approximate surface area is 112 Å². The Morgan fingerprint density at radius 1 is 0.833 bits per heavy atom. The van der Waals surface area contributed by atoms with Crippen molar-refractivity contribution in [2.75, 3.05) is 13.2 Å². The third kappa shape index (κ3) is 2.60. The lowest BCUT2D eigenvalue weighted by Gasteiger charge is -2.54. The molecule has 4 saturated carbocycles. The van der Waals surface area contributed by atoms with E-state index in [1.165, 1.54) is 32.1 Å². The van der Waals surface area contributed by atoms with Crippen molar-refractivity contribution in [3.63, 3.8) is 0 Å². The van der Waals surface area contributed by atoms with Crippen LogP contribution in [0.4, 0.5) is 0 Å². The molecule has 4 aliphatic carbocycles. The standard InChI is InChI=1S/C14H25O3P/c1-3-15-18(16-4-2)17-14-12-6-10-5-11(8-12)9-13(14)7-10/h10-14H,3-9H2,1-2H3. The molecule has 0 saturated heterocycles. The van der Waals surface area contributed by atoms with Gasteiger partial charge in [-0.25, -0.2) is 0 Å². The average molecular weight is 272 g/mol. The van der Waals surface area contributed by atoms with Crippen LogP contribution in [0.1, 0.15) is 46.0 Å². The van der Waals surface area contributed by atoms with E-state index in [2.05, 4.69) is 0 Å². The molecule has 0 atom stereocenters. The van der Waals surface area contributed by atoms with Gasteiger partial charge in [0.2, 0.25) is 0 Å². The van der Waals surface area contributed by atoms with Crippen molar-refractivity contribution in [2.24, 2.45) is 23.7 Å². The third-order valence-electron chi connectivity index (χ3n) is 4.82. The average Bonchev–Trinajstić information content (AvgIpc) is 2.33. The Balaban J connectivity index is 1.61. The van der Waals surface area contributed by atoms with Crippen molar-refractivity contribution >= 4 is 8.60 Å². The van der Waals surface area contributed by atoms with Crippen molar-refractivity contribution in [1.82, 2.24) is 0 Å². The van der Waals surface area contributed by atoms with Crippen molar-refractivity contribution in [2.45, 2.75) is 52.1 Å². The maximum Gasteiger partial charge on any atom is 0.332 e. The first kappa shape index (κ1) is 13.3. The Morgan fingerprint density at radius 2 is 1.33 bits per heavy atom. The fourth-order valence-corrected chi connectivity index (χ4v) is 5.62. The van der Waals surface area contributed by atoms with Gasteiger partial charge < -0.3 is 13.6 Å². The highest BCUT2D eigenvalue weighted by atomic mass is 31.2. The topological polar surface area (TPSA) is 27.7 Å². The van der Waals surface area contributed by atoms with Gasteiger partial charge in [0.25, 0.3) is 0 Å². The van der Waals surface area contributed by atoms with E-state index in [4.69, 9.17) is 13.6 Å². The van der Waals surface area contributed by atoms with Gasteiger partial charge in [-0.05, 0) is 69.6 Å². The second-order valence-corrected chi connectivity index (χ2v) is 7.23. The highest BCUT2D eigenvalue weighted by Gasteiger charge is 2.49. The molecule has 18 heavy (non-hydrogen) atoms. The van der Waals surface area contributed by atoms with Gasteiger partial charge in [-0.2, -0.15) is 0 Å². The van der Waals surface area contributed by atoms with Gasteiger partial charge in [0.05, 0.1) is 19.3 Å². The molecule has 4 aliphatic rings. The number of hydrogen-bond donors (Lipinski definition) is 0. The molecule has 3 nitrogen and oxygen atoms in total. The molecular weight excluding hydrogens is 247 g/mol. The molecular formula is C14H25O3P. The Bertz CT molecular complexity index is 250. The molecule has 0 aromatic rings.